The molecule has 5 heteroatoms. The molecule has 0 saturated heterocycles. The fourth-order valence-corrected chi connectivity index (χ4v) is 3.23. The zero-order chi connectivity index (χ0) is 17.8. The van der Waals surface area contributed by atoms with E-state index in [1.165, 1.54) is 6.07 Å². The van der Waals surface area contributed by atoms with E-state index in [0.29, 0.717) is 18.5 Å². The van der Waals surface area contributed by atoms with Crippen molar-refractivity contribution in [1.29, 1.82) is 0 Å². The molecule has 2 aromatic rings. The molecule has 0 saturated carbocycles. The summed E-state index contributed by atoms with van der Waals surface area (Å²) in [6, 6.07) is 13.7. The molecule has 1 unspecified atom stereocenters. The smallest absolute Gasteiger partial charge is 0.247 e. The molecule has 2 amide bonds. The van der Waals surface area contributed by atoms with Crippen molar-refractivity contribution < 1.29 is 14.7 Å². The molecule has 1 aliphatic rings. The summed E-state index contributed by atoms with van der Waals surface area (Å²) in [5.74, 6) is -0.314. The third-order valence-corrected chi connectivity index (χ3v) is 4.45. The molecule has 5 nitrogen and oxygen atoms in total. The summed E-state index contributed by atoms with van der Waals surface area (Å²) < 4.78 is 0. The number of benzene rings is 2. The highest BCUT2D eigenvalue weighted by Crippen LogP contribution is 2.32. The second kappa shape index (κ2) is 7.38. The van der Waals surface area contributed by atoms with Crippen LogP contribution in [0, 0.1) is 0 Å². The van der Waals surface area contributed by atoms with Crippen molar-refractivity contribution in [2.24, 2.45) is 0 Å². The van der Waals surface area contributed by atoms with Gasteiger partial charge in [-0.25, -0.2) is 0 Å². The van der Waals surface area contributed by atoms with Gasteiger partial charge in [0.15, 0.2) is 0 Å². The van der Waals surface area contributed by atoms with Gasteiger partial charge in [-0.05, 0) is 43.0 Å². The second-order valence-electron chi connectivity index (χ2n) is 6.20. The van der Waals surface area contributed by atoms with E-state index in [9.17, 15) is 14.7 Å². The molecule has 3 rings (SSSR count). The number of carbonyl (C=O) groups excluding carboxylic acids is 2. The summed E-state index contributed by atoms with van der Waals surface area (Å²) in [5.41, 5.74) is 2.25. The fraction of sp³-hybridized carbons (Fsp3) is 0.300. The third kappa shape index (κ3) is 3.50. The maximum Gasteiger partial charge on any atom is 0.247 e. The van der Waals surface area contributed by atoms with Gasteiger partial charge in [-0.3, -0.25) is 14.5 Å². The van der Waals surface area contributed by atoms with Crippen LogP contribution in [0.5, 0.6) is 5.75 Å². The molecule has 1 atom stereocenters. The Morgan fingerprint density at radius 3 is 2.64 bits per heavy atom. The number of aromatic hydroxyl groups is 1. The van der Waals surface area contributed by atoms with Crippen molar-refractivity contribution in [2.45, 2.75) is 38.6 Å². The molecule has 0 aromatic heterocycles. The van der Waals surface area contributed by atoms with E-state index in [-0.39, 0.29) is 17.6 Å². The van der Waals surface area contributed by atoms with Crippen LogP contribution in [-0.2, 0) is 16.0 Å². The number of amides is 2. The summed E-state index contributed by atoms with van der Waals surface area (Å²) in [7, 11) is 0. The largest absolute Gasteiger partial charge is 0.506 e. The van der Waals surface area contributed by atoms with E-state index in [4.69, 9.17) is 0 Å². The number of phenolic OH excluding ortho intramolecular Hbond substituents is 1. The highest BCUT2D eigenvalue weighted by Gasteiger charge is 2.35. The van der Waals surface area contributed by atoms with Crippen molar-refractivity contribution in [3.05, 3.63) is 54.1 Å². The molecule has 0 spiro atoms. The number of nitrogens with one attached hydrogen (secondary N) is 1. The Morgan fingerprint density at radius 2 is 1.88 bits per heavy atom. The van der Waals surface area contributed by atoms with Gasteiger partial charge in [-0.2, -0.15) is 0 Å². The predicted molar refractivity (Wildman–Crippen MR) is 97.7 cm³/mol. The number of anilines is 2. The van der Waals surface area contributed by atoms with E-state index in [1.807, 2.05) is 31.2 Å². The highest BCUT2D eigenvalue weighted by atomic mass is 16.3. The van der Waals surface area contributed by atoms with E-state index in [2.05, 4.69) is 5.32 Å². The molecule has 25 heavy (non-hydrogen) atoms. The maximum absolute atomic E-state index is 12.8. The number of nitrogens with zero attached hydrogens (tertiary/aromatic N) is 1. The highest BCUT2D eigenvalue weighted by molar-refractivity contribution is 6.06. The zero-order valence-electron chi connectivity index (χ0n) is 14.2. The van der Waals surface area contributed by atoms with Gasteiger partial charge in [0.2, 0.25) is 11.8 Å². The summed E-state index contributed by atoms with van der Waals surface area (Å²) >= 11 is 0. The van der Waals surface area contributed by atoms with Gasteiger partial charge >= 0.3 is 0 Å². The number of rotatable bonds is 4. The average molecular weight is 338 g/mol. The molecule has 1 aliphatic heterocycles. The first-order valence-electron chi connectivity index (χ1n) is 8.60. The third-order valence-electron chi connectivity index (χ3n) is 4.45. The van der Waals surface area contributed by atoms with Gasteiger partial charge in [-0.1, -0.05) is 37.3 Å². The molecule has 0 radical (unpaired) electrons. The van der Waals surface area contributed by atoms with Crippen LogP contribution in [0.25, 0.3) is 0 Å². The number of hydrogen-bond donors (Lipinski definition) is 2. The summed E-state index contributed by atoms with van der Waals surface area (Å²) in [5, 5.41) is 12.6. The second-order valence-corrected chi connectivity index (χ2v) is 6.20. The van der Waals surface area contributed by atoms with Crippen LogP contribution in [0.1, 0.15) is 31.7 Å². The minimum Gasteiger partial charge on any atom is -0.506 e. The number of para-hydroxylation sites is 3. The summed E-state index contributed by atoms with van der Waals surface area (Å²) in [6.07, 6.45) is 2.43. The number of phenols is 1. The Hall–Kier alpha value is -2.82. The fourth-order valence-electron chi connectivity index (χ4n) is 3.23. The first-order chi connectivity index (χ1) is 12.1. The van der Waals surface area contributed by atoms with E-state index in [0.717, 1.165) is 24.1 Å². The Kier molecular flexibility index (Phi) is 5.03. The van der Waals surface area contributed by atoms with E-state index < -0.39 is 6.04 Å². The number of aryl methyl sites for hydroxylation is 1. The summed E-state index contributed by atoms with van der Waals surface area (Å²) in [6.45, 7) is 1.95. The van der Waals surface area contributed by atoms with E-state index in [1.54, 1.807) is 23.1 Å². The van der Waals surface area contributed by atoms with Crippen LogP contribution in [0.4, 0.5) is 11.4 Å². The van der Waals surface area contributed by atoms with Crippen LogP contribution in [-0.4, -0.2) is 23.0 Å². The maximum atomic E-state index is 12.8. The Labute approximate surface area is 147 Å². The number of hydrogen-bond acceptors (Lipinski definition) is 3. The standard InChI is InChI=1S/C20H22N2O3/c1-2-7-19(24)22-16-10-5-3-8-14(16)12-13-17(22)20(25)21-15-9-4-6-11-18(15)23/h3-6,8-11,17,23H,2,7,12-13H2,1H3,(H,21,25). The van der Waals surface area contributed by atoms with Crippen molar-refractivity contribution in [3.63, 3.8) is 0 Å². The number of carbonyl (C=O) groups is 2. The lowest BCUT2D eigenvalue weighted by atomic mass is 9.94. The van der Waals surface area contributed by atoms with Gasteiger partial charge < -0.3 is 10.4 Å². The SMILES string of the molecule is CCCC(=O)N1c2ccccc2CCC1C(=O)Nc1ccccc1O. The molecular formula is C20H22N2O3. The van der Waals surface area contributed by atoms with Gasteiger partial charge in [0, 0.05) is 12.1 Å². The lowest BCUT2D eigenvalue weighted by molar-refractivity contribution is -0.124. The monoisotopic (exact) mass is 338 g/mol. The van der Waals surface area contributed by atoms with E-state index >= 15 is 0 Å². The Bertz CT molecular complexity index is 788. The lowest BCUT2D eigenvalue weighted by Crippen LogP contribution is -2.50. The van der Waals surface area contributed by atoms with Crippen LogP contribution in [0.3, 0.4) is 0 Å². The van der Waals surface area contributed by atoms with Crippen molar-refractivity contribution >= 4 is 23.2 Å². The molecule has 2 aromatic carbocycles. The van der Waals surface area contributed by atoms with Crippen LogP contribution in [0.2, 0.25) is 0 Å². The van der Waals surface area contributed by atoms with Crippen molar-refractivity contribution in [3.8, 4) is 5.75 Å². The molecular weight excluding hydrogens is 316 g/mol. The molecule has 130 valence electrons. The lowest BCUT2D eigenvalue weighted by Gasteiger charge is -2.36. The molecule has 0 aliphatic carbocycles. The van der Waals surface area contributed by atoms with Gasteiger partial charge in [0.05, 0.1) is 5.69 Å². The first kappa shape index (κ1) is 17.0. The molecule has 0 fully saturated rings. The van der Waals surface area contributed by atoms with Crippen LogP contribution in [0.15, 0.2) is 48.5 Å². The number of fused-ring (bicyclic) bond motifs is 1. The normalized spacial score (nSPS) is 16.2. The molecule has 1 heterocycles. The van der Waals surface area contributed by atoms with Crippen LogP contribution < -0.4 is 10.2 Å². The zero-order valence-corrected chi connectivity index (χ0v) is 14.2. The average Bonchev–Trinajstić information content (AvgIpc) is 2.62. The van der Waals surface area contributed by atoms with Crippen molar-refractivity contribution in [2.75, 3.05) is 10.2 Å². The first-order valence-corrected chi connectivity index (χ1v) is 8.60. The molecule has 2 N–H and O–H groups in total. The van der Waals surface area contributed by atoms with Crippen LogP contribution >= 0.6 is 0 Å². The summed E-state index contributed by atoms with van der Waals surface area (Å²) in [4.78, 5) is 27.1. The Balaban J connectivity index is 1.90. The van der Waals surface area contributed by atoms with Gasteiger partial charge in [-0.15, -0.1) is 0 Å². The quantitative estimate of drug-likeness (QED) is 0.839. The minimum atomic E-state index is -0.575. The van der Waals surface area contributed by atoms with Gasteiger partial charge in [0.25, 0.3) is 0 Å². The molecule has 0 bridgehead atoms. The van der Waals surface area contributed by atoms with Gasteiger partial charge in [0.1, 0.15) is 11.8 Å². The minimum absolute atomic E-state index is 0.0125. The Morgan fingerprint density at radius 1 is 1.16 bits per heavy atom. The topological polar surface area (TPSA) is 69.6 Å². The predicted octanol–water partition coefficient (Wildman–Crippen LogP) is 3.48. The van der Waals surface area contributed by atoms with Crippen molar-refractivity contribution in [1.82, 2.24) is 0 Å².